The summed E-state index contributed by atoms with van der Waals surface area (Å²) in [7, 11) is 1.61. The molecule has 0 amide bonds. The number of alkyl halides is 1. The molecule has 2 nitrogen and oxygen atoms in total. The van der Waals surface area contributed by atoms with Crippen LogP contribution in [0.5, 0.6) is 5.75 Å². The number of halogens is 1. The number of ether oxygens (including phenoxy) is 1. The third kappa shape index (κ3) is 1.84. The highest BCUT2D eigenvalue weighted by atomic mass is 79.9. The van der Waals surface area contributed by atoms with Crippen LogP contribution in [0.3, 0.4) is 0 Å². The fourth-order valence-electron chi connectivity index (χ4n) is 1.23. The Balaban J connectivity index is 3.38. The standard InChI is InChI=1S/C10H10BrNO/c1-7-3-4-10(13-2)8(5-11)9(7)6-12/h3-4H,5H2,1-2H3. The summed E-state index contributed by atoms with van der Waals surface area (Å²) in [4.78, 5) is 0. The highest BCUT2D eigenvalue weighted by Gasteiger charge is 2.09. The molecule has 1 rings (SSSR count). The minimum absolute atomic E-state index is 0.640. The average molecular weight is 240 g/mol. The Morgan fingerprint density at radius 3 is 2.69 bits per heavy atom. The second-order valence-electron chi connectivity index (χ2n) is 2.68. The number of methoxy groups -OCH3 is 1. The van der Waals surface area contributed by atoms with Gasteiger partial charge in [0, 0.05) is 10.9 Å². The number of aryl methyl sites for hydroxylation is 1. The fraction of sp³-hybridized carbons (Fsp3) is 0.300. The number of nitrogens with zero attached hydrogens (tertiary/aromatic N) is 1. The van der Waals surface area contributed by atoms with E-state index in [2.05, 4.69) is 22.0 Å². The fourth-order valence-corrected chi connectivity index (χ4v) is 1.78. The van der Waals surface area contributed by atoms with Crippen molar-refractivity contribution < 1.29 is 4.74 Å². The molecule has 0 radical (unpaired) electrons. The minimum Gasteiger partial charge on any atom is -0.496 e. The number of nitriles is 1. The number of rotatable bonds is 2. The topological polar surface area (TPSA) is 33.0 Å². The van der Waals surface area contributed by atoms with Crippen LogP contribution in [0, 0.1) is 18.3 Å². The summed E-state index contributed by atoms with van der Waals surface area (Å²) in [5, 5.41) is 9.56. The SMILES string of the molecule is COc1ccc(C)c(C#N)c1CBr. The van der Waals surface area contributed by atoms with Crippen molar-refractivity contribution in [2.75, 3.05) is 7.11 Å². The van der Waals surface area contributed by atoms with Gasteiger partial charge in [0.15, 0.2) is 0 Å². The molecule has 0 atom stereocenters. The van der Waals surface area contributed by atoms with E-state index in [1.807, 2.05) is 19.1 Å². The van der Waals surface area contributed by atoms with Gasteiger partial charge < -0.3 is 4.74 Å². The van der Waals surface area contributed by atoms with E-state index in [4.69, 9.17) is 10.00 Å². The smallest absolute Gasteiger partial charge is 0.124 e. The molecule has 0 fully saturated rings. The summed E-state index contributed by atoms with van der Waals surface area (Å²) in [6.07, 6.45) is 0. The van der Waals surface area contributed by atoms with Gasteiger partial charge in [0.2, 0.25) is 0 Å². The maximum atomic E-state index is 8.92. The molecule has 0 saturated heterocycles. The van der Waals surface area contributed by atoms with Gasteiger partial charge in [0.1, 0.15) is 5.75 Å². The van der Waals surface area contributed by atoms with Crippen molar-refractivity contribution in [2.45, 2.75) is 12.3 Å². The second kappa shape index (κ2) is 4.29. The normalized spacial score (nSPS) is 9.38. The summed E-state index contributed by atoms with van der Waals surface area (Å²) in [6.45, 7) is 1.92. The molecule has 0 N–H and O–H groups in total. The molecule has 0 heterocycles. The average Bonchev–Trinajstić information content (AvgIpc) is 2.17. The lowest BCUT2D eigenvalue weighted by molar-refractivity contribution is 0.411. The highest BCUT2D eigenvalue weighted by Crippen LogP contribution is 2.26. The monoisotopic (exact) mass is 239 g/mol. The summed E-state index contributed by atoms with van der Waals surface area (Å²) >= 11 is 3.34. The van der Waals surface area contributed by atoms with E-state index in [1.54, 1.807) is 7.11 Å². The van der Waals surface area contributed by atoms with Gasteiger partial charge in [-0.1, -0.05) is 22.0 Å². The van der Waals surface area contributed by atoms with Crippen LogP contribution in [0.1, 0.15) is 16.7 Å². The largest absolute Gasteiger partial charge is 0.496 e. The second-order valence-corrected chi connectivity index (χ2v) is 3.24. The molecule has 0 aliphatic carbocycles. The molecule has 0 unspecified atom stereocenters. The predicted octanol–water partition coefficient (Wildman–Crippen LogP) is 2.77. The van der Waals surface area contributed by atoms with Gasteiger partial charge in [-0.25, -0.2) is 0 Å². The Kier molecular flexibility index (Phi) is 3.32. The summed E-state index contributed by atoms with van der Waals surface area (Å²) in [6, 6.07) is 5.95. The Morgan fingerprint density at radius 1 is 1.54 bits per heavy atom. The Morgan fingerprint density at radius 2 is 2.23 bits per heavy atom. The predicted molar refractivity (Wildman–Crippen MR) is 55.1 cm³/mol. The van der Waals surface area contributed by atoms with E-state index in [0.717, 1.165) is 16.9 Å². The van der Waals surface area contributed by atoms with Crippen LogP contribution in [0.4, 0.5) is 0 Å². The van der Waals surface area contributed by atoms with E-state index >= 15 is 0 Å². The summed E-state index contributed by atoms with van der Waals surface area (Å²) < 4.78 is 5.15. The van der Waals surface area contributed by atoms with Crippen molar-refractivity contribution in [2.24, 2.45) is 0 Å². The van der Waals surface area contributed by atoms with Crippen LogP contribution >= 0.6 is 15.9 Å². The lowest BCUT2D eigenvalue weighted by atomic mass is 10.0. The zero-order valence-corrected chi connectivity index (χ0v) is 9.18. The first-order valence-electron chi connectivity index (χ1n) is 3.87. The van der Waals surface area contributed by atoms with Crippen molar-refractivity contribution in [1.29, 1.82) is 5.26 Å². The van der Waals surface area contributed by atoms with Crippen LogP contribution in [-0.4, -0.2) is 7.11 Å². The maximum Gasteiger partial charge on any atom is 0.124 e. The van der Waals surface area contributed by atoms with Crippen molar-refractivity contribution >= 4 is 15.9 Å². The molecule has 0 bridgehead atoms. The van der Waals surface area contributed by atoms with Crippen molar-refractivity contribution in [3.63, 3.8) is 0 Å². The van der Waals surface area contributed by atoms with Gasteiger partial charge >= 0.3 is 0 Å². The van der Waals surface area contributed by atoms with Crippen LogP contribution < -0.4 is 4.74 Å². The molecule has 0 saturated carbocycles. The van der Waals surface area contributed by atoms with Gasteiger partial charge in [-0.3, -0.25) is 0 Å². The van der Waals surface area contributed by atoms with Gasteiger partial charge in [-0.2, -0.15) is 5.26 Å². The van der Waals surface area contributed by atoms with E-state index in [9.17, 15) is 0 Å². The quantitative estimate of drug-likeness (QED) is 0.744. The van der Waals surface area contributed by atoms with Crippen LogP contribution in [0.15, 0.2) is 12.1 Å². The molecule has 0 aliphatic rings. The molecular formula is C10H10BrNO. The molecule has 1 aromatic rings. The third-order valence-corrected chi connectivity index (χ3v) is 2.50. The summed E-state index contributed by atoms with van der Waals surface area (Å²) in [5.41, 5.74) is 2.61. The van der Waals surface area contributed by atoms with Gasteiger partial charge in [0.05, 0.1) is 18.7 Å². The first-order valence-corrected chi connectivity index (χ1v) is 4.99. The molecular weight excluding hydrogens is 230 g/mol. The molecule has 13 heavy (non-hydrogen) atoms. The molecule has 68 valence electrons. The lowest BCUT2D eigenvalue weighted by Crippen LogP contribution is -1.95. The molecule has 0 spiro atoms. The van der Waals surface area contributed by atoms with Gasteiger partial charge in [0.25, 0.3) is 0 Å². The zero-order valence-electron chi connectivity index (χ0n) is 7.60. The van der Waals surface area contributed by atoms with Crippen LogP contribution in [0.25, 0.3) is 0 Å². The first kappa shape index (κ1) is 10.1. The summed E-state index contributed by atoms with van der Waals surface area (Å²) in [5.74, 6) is 0.763. The van der Waals surface area contributed by atoms with E-state index < -0.39 is 0 Å². The first-order chi connectivity index (χ1) is 6.24. The van der Waals surface area contributed by atoms with Gasteiger partial charge in [-0.05, 0) is 18.6 Å². The zero-order chi connectivity index (χ0) is 9.84. The van der Waals surface area contributed by atoms with E-state index in [-0.39, 0.29) is 0 Å². The van der Waals surface area contributed by atoms with Gasteiger partial charge in [-0.15, -0.1) is 0 Å². The van der Waals surface area contributed by atoms with E-state index in [1.165, 1.54) is 0 Å². The molecule has 0 aromatic heterocycles. The maximum absolute atomic E-state index is 8.92. The number of hydrogen-bond donors (Lipinski definition) is 0. The van der Waals surface area contributed by atoms with Crippen molar-refractivity contribution in [3.8, 4) is 11.8 Å². The molecule has 0 aliphatic heterocycles. The van der Waals surface area contributed by atoms with Crippen LogP contribution in [-0.2, 0) is 5.33 Å². The van der Waals surface area contributed by atoms with Crippen molar-refractivity contribution in [1.82, 2.24) is 0 Å². The van der Waals surface area contributed by atoms with Crippen molar-refractivity contribution in [3.05, 3.63) is 28.8 Å². The Labute approximate surface area is 86.3 Å². The molecule has 1 aromatic carbocycles. The number of benzene rings is 1. The Bertz CT molecular complexity index is 355. The number of hydrogen-bond acceptors (Lipinski definition) is 2. The highest BCUT2D eigenvalue weighted by molar-refractivity contribution is 9.08. The third-order valence-electron chi connectivity index (χ3n) is 1.94. The lowest BCUT2D eigenvalue weighted by Gasteiger charge is -2.09. The minimum atomic E-state index is 0.640. The van der Waals surface area contributed by atoms with E-state index in [0.29, 0.717) is 10.9 Å². The Hall–Kier alpha value is -1.01. The van der Waals surface area contributed by atoms with Crippen LogP contribution in [0.2, 0.25) is 0 Å². The molecule has 3 heteroatoms.